The molecule has 0 spiro atoms. The number of hydrogen-bond donors (Lipinski definition) is 2. The summed E-state index contributed by atoms with van der Waals surface area (Å²) in [6, 6.07) is 11.5. The van der Waals surface area contributed by atoms with E-state index in [4.69, 9.17) is 15.9 Å². The van der Waals surface area contributed by atoms with Crippen molar-refractivity contribution in [2.45, 2.75) is 13.8 Å². The van der Waals surface area contributed by atoms with Crippen LogP contribution in [-0.4, -0.2) is 17.4 Å². The van der Waals surface area contributed by atoms with Gasteiger partial charge in [-0.1, -0.05) is 12.1 Å². The number of nitrogens with two attached hydrogens (primary N) is 1. The van der Waals surface area contributed by atoms with Crippen molar-refractivity contribution in [1.82, 2.24) is 4.98 Å². The van der Waals surface area contributed by atoms with Crippen molar-refractivity contribution in [3.8, 4) is 17.0 Å². The molecule has 98 valence electrons. The molecule has 4 heteroatoms. The largest absolute Gasteiger partial charge is 0.493 e. The summed E-state index contributed by atoms with van der Waals surface area (Å²) < 4.78 is 5.60. The van der Waals surface area contributed by atoms with Crippen LogP contribution in [0.4, 0.5) is 0 Å². The summed E-state index contributed by atoms with van der Waals surface area (Å²) in [7, 11) is 0. The number of nitrogens with zero attached hydrogens (tertiary/aromatic N) is 1. The van der Waals surface area contributed by atoms with E-state index in [2.05, 4.69) is 4.98 Å². The SMILES string of the molecule is CCOc1ccccc1-c1ccc(C(=N)N)c(C)n1. The summed E-state index contributed by atoms with van der Waals surface area (Å²) in [5.41, 5.74) is 8.68. The van der Waals surface area contributed by atoms with Gasteiger partial charge in [-0.15, -0.1) is 0 Å². The molecule has 4 nitrogen and oxygen atoms in total. The molecule has 0 unspecified atom stereocenters. The predicted octanol–water partition coefficient (Wildman–Crippen LogP) is 2.74. The number of pyridine rings is 1. The van der Waals surface area contributed by atoms with Crippen LogP contribution < -0.4 is 10.5 Å². The number of aromatic nitrogens is 1. The molecule has 19 heavy (non-hydrogen) atoms. The maximum absolute atomic E-state index is 7.47. The number of nitrogen functional groups attached to an aromatic ring is 1. The van der Waals surface area contributed by atoms with Crippen LogP contribution in [0.25, 0.3) is 11.3 Å². The monoisotopic (exact) mass is 255 g/mol. The second-order valence-corrected chi connectivity index (χ2v) is 4.17. The van der Waals surface area contributed by atoms with Crippen molar-refractivity contribution in [3.05, 3.63) is 47.7 Å². The first-order chi connectivity index (χ1) is 9.13. The molecule has 0 saturated carbocycles. The van der Waals surface area contributed by atoms with Gasteiger partial charge in [0.1, 0.15) is 11.6 Å². The smallest absolute Gasteiger partial charge is 0.128 e. The lowest BCUT2D eigenvalue weighted by molar-refractivity contribution is 0.341. The van der Waals surface area contributed by atoms with Crippen LogP contribution in [-0.2, 0) is 0 Å². The highest BCUT2D eigenvalue weighted by atomic mass is 16.5. The Morgan fingerprint density at radius 3 is 2.63 bits per heavy atom. The van der Waals surface area contributed by atoms with E-state index in [1.54, 1.807) is 0 Å². The Morgan fingerprint density at radius 1 is 1.26 bits per heavy atom. The number of rotatable bonds is 4. The molecular weight excluding hydrogens is 238 g/mol. The minimum Gasteiger partial charge on any atom is -0.493 e. The van der Waals surface area contributed by atoms with Gasteiger partial charge in [0.15, 0.2) is 0 Å². The lowest BCUT2D eigenvalue weighted by Crippen LogP contribution is -2.13. The molecule has 0 bridgehead atoms. The fraction of sp³-hybridized carbons (Fsp3) is 0.200. The van der Waals surface area contributed by atoms with E-state index in [-0.39, 0.29) is 5.84 Å². The normalized spacial score (nSPS) is 10.2. The molecule has 0 fully saturated rings. The first-order valence-electron chi connectivity index (χ1n) is 6.17. The van der Waals surface area contributed by atoms with Gasteiger partial charge in [0.2, 0.25) is 0 Å². The van der Waals surface area contributed by atoms with Gasteiger partial charge in [-0.2, -0.15) is 0 Å². The van der Waals surface area contributed by atoms with E-state index >= 15 is 0 Å². The summed E-state index contributed by atoms with van der Waals surface area (Å²) in [4.78, 5) is 4.51. The highest BCUT2D eigenvalue weighted by molar-refractivity contribution is 5.96. The predicted molar refractivity (Wildman–Crippen MR) is 76.6 cm³/mol. The highest BCUT2D eigenvalue weighted by Gasteiger charge is 2.09. The van der Waals surface area contributed by atoms with E-state index < -0.39 is 0 Å². The van der Waals surface area contributed by atoms with Gasteiger partial charge in [-0.05, 0) is 38.1 Å². The van der Waals surface area contributed by atoms with Crippen molar-refractivity contribution in [3.63, 3.8) is 0 Å². The Labute approximate surface area is 112 Å². The van der Waals surface area contributed by atoms with E-state index in [0.717, 1.165) is 22.7 Å². The van der Waals surface area contributed by atoms with Crippen LogP contribution in [0.3, 0.4) is 0 Å². The molecule has 0 amide bonds. The average Bonchev–Trinajstić information content (AvgIpc) is 2.39. The summed E-state index contributed by atoms with van der Waals surface area (Å²) in [6.45, 7) is 4.42. The lowest BCUT2D eigenvalue weighted by atomic mass is 10.1. The highest BCUT2D eigenvalue weighted by Crippen LogP contribution is 2.28. The Morgan fingerprint density at radius 2 is 2.00 bits per heavy atom. The van der Waals surface area contributed by atoms with Crippen LogP contribution >= 0.6 is 0 Å². The quantitative estimate of drug-likeness (QED) is 0.651. The van der Waals surface area contributed by atoms with Gasteiger partial charge in [-0.25, -0.2) is 0 Å². The van der Waals surface area contributed by atoms with Crippen molar-refractivity contribution in [2.24, 2.45) is 5.73 Å². The summed E-state index contributed by atoms with van der Waals surface area (Å²) in [5.74, 6) is 0.849. The third kappa shape index (κ3) is 2.73. The molecule has 0 aliphatic heterocycles. The molecule has 0 aliphatic carbocycles. The molecule has 2 aromatic rings. The molecule has 1 heterocycles. The van der Waals surface area contributed by atoms with E-state index in [9.17, 15) is 0 Å². The second-order valence-electron chi connectivity index (χ2n) is 4.17. The van der Waals surface area contributed by atoms with Gasteiger partial charge in [-0.3, -0.25) is 10.4 Å². The van der Waals surface area contributed by atoms with Crippen molar-refractivity contribution in [1.29, 1.82) is 5.41 Å². The average molecular weight is 255 g/mol. The Kier molecular flexibility index (Phi) is 3.80. The third-order valence-electron chi connectivity index (χ3n) is 2.84. The van der Waals surface area contributed by atoms with Crippen LogP contribution in [0.2, 0.25) is 0 Å². The number of amidine groups is 1. The first-order valence-corrected chi connectivity index (χ1v) is 6.17. The van der Waals surface area contributed by atoms with Crippen molar-refractivity contribution in [2.75, 3.05) is 6.61 Å². The maximum Gasteiger partial charge on any atom is 0.128 e. The molecule has 2 rings (SSSR count). The van der Waals surface area contributed by atoms with E-state index in [1.807, 2.05) is 50.2 Å². The van der Waals surface area contributed by atoms with Gasteiger partial charge >= 0.3 is 0 Å². The lowest BCUT2D eigenvalue weighted by Gasteiger charge is -2.11. The number of benzene rings is 1. The zero-order valence-electron chi connectivity index (χ0n) is 11.1. The molecule has 1 aromatic carbocycles. The Balaban J connectivity index is 2.48. The Hall–Kier alpha value is -2.36. The summed E-state index contributed by atoms with van der Waals surface area (Å²) >= 11 is 0. The van der Waals surface area contributed by atoms with Crippen molar-refractivity contribution < 1.29 is 4.74 Å². The molecule has 0 atom stereocenters. The van der Waals surface area contributed by atoms with Gasteiger partial charge in [0.05, 0.1) is 12.3 Å². The fourth-order valence-corrected chi connectivity index (χ4v) is 1.96. The van der Waals surface area contributed by atoms with Crippen molar-refractivity contribution >= 4 is 5.84 Å². The number of nitrogens with one attached hydrogen (secondary N) is 1. The second kappa shape index (κ2) is 5.52. The fourth-order valence-electron chi connectivity index (χ4n) is 1.96. The Bertz CT molecular complexity index is 608. The van der Waals surface area contributed by atoms with Crippen LogP contribution in [0.5, 0.6) is 5.75 Å². The van der Waals surface area contributed by atoms with Crippen LogP contribution in [0, 0.1) is 12.3 Å². The minimum absolute atomic E-state index is 0.0367. The van der Waals surface area contributed by atoms with E-state index in [1.165, 1.54) is 0 Å². The van der Waals surface area contributed by atoms with Gasteiger partial charge in [0, 0.05) is 16.8 Å². The first kappa shape index (κ1) is 13.1. The summed E-state index contributed by atoms with van der Waals surface area (Å²) in [5, 5.41) is 7.47. The molecule has 0 radical (unpaired) electrons. The van der Waals surface area contributed by atoms with E-state index in [0.29, 0.717) is 12.2 Å². The number of para-hydroxylation sites is 1. The standard InChI is InChI=1S/C15H17N3O/c1-3-19-14-7-5-4-6-12(14)13-9-8-11(15(16)17)10(2)18-13/h4-9H,3H2,1-2H3,(H3,16,17). The number of aryl methyl sites for hydroxylation is 1. The van der Waals surface area contributed by atoms with Crippen LogP contribution in [0.1, 0.15) is 18.2 Å². The maximum atomic E-state index is 7.47. The molecule has 0 aliphatic rings. The molecule has 3 N–H and O–H groups in total. The third-order valence-corrected chi connectivity index (χ3v) is 2.84. The molecule has 0 saturated heterocycles. The molecular formula is C15H17N3O. The van der Waals surface area contributed by atoms with Gasteiger partial charge in [0.25, 0.3) is 0 Å². The summed E-state index contributed by atoms with van der Waals surface area (Å²) in [6.07, 6.45) is 0. The zero-order chi connectivity index (χ0) is 13.8. The zero-order valence-corrected chi connectivity index (χ0v) is 11.1. The topological polar surface area (TPSA) is 72.0 Å². The number of ether oxygens (including phenoxy) is 1. The molecule has 1 aromatic heterocycles. The minimum atomic E-state index is 0.0367. The van der Waals surface area contributed by atoms with Gasteiger partial charge < -0.3 is 10.5 Å². The van der Waals surface area contributed by atoms with Crippen LogP contribution in [0.15, 0.2) is 36.4 Å². The number of hydrogen-bond acceptors (Lipinski definition) is 3.